The van der Waals surface area contributed by atoms with Crippen molar-refractivity contribution in [1.29, 1.82) is 0 Å². The summed E-state index contributed by atoms with van der Waals surface area (Å²) in [7, 11) is 0. The van der Waals surface area contributed by atoms with Gasteiger partial charge in [-0.25, -0.2) is 15.0 Å². The molecule has 29 heavy (non-hydrogen) atoms. The van der Waals surface area contributed by atoms with Gasteiger partial charge in [0.05, 0.1) is 29.9 Å². The number of thiophene rings is 1. The van der Waals surface area contributed by atoms with E-state index in [0.717, 1.165) is 35.6 Å². The van der Waals surface area contributed by atoms with Crippen LogP contribution in [-0.4, -0.2) is 41.1 Å². The molecule has 0 radical (unpaired) electrons. The summed E-state index contributed by atoms with van der Waals surface area (Å²) in [5.41, 5.74) is 5.47. The fraction of sp³-hybridized carbons (Fsp3) is 0.609. The molecule has 0 fully saturated rings. The molecule has 0 unspecified atom stereocenters. The minimum Gasteiger partial charge on any atom is -0.369 e. The van der Waals surface area contributed by atoms with Gasteiger partial charge < -0.3 is 10.2 Å². The van der Waals surface area contributed by atoms with E-state index in [2.05, 4.69) is 31.1 Å². The molecular weight excluding hydrogens is 378 g/mol. The molecule has 6 heteroatoms. The van der Waals surface area contributed by atoms with Crippen LogP contribution in [0.25, 0.3) is 20.4 Å². The lowest BCUT2D eigenvalue weighted by Crippen LogP contribution is -3.11. The Kier molecular flexibility index (Phi) is 6.60. The van der Waals surface area contributed by atoms with Gasteiger partial charge in [0.2, 0.25) is 0 Å². The summed E-state index contributed by atoms with van der Waals surface area (Å²) in [6, 6.07) is 0. The Morgan fingerprint density at radius 1 is 1.07 bits per heavy atom. The topological polar surface area (TPSA) is 55.1 Å². The Balaban J connectivity index is 1.64. The van der Waals surface area contributed by atoms with Crippen molar-refractivity contribution in [3.05, 3.63) is 23.1 Å². The molecule has 0 atom stereocenters. The van der Waals surface area contributed by atoms with Crippen molar-refractivity contribution >= 4 is 37.6 Å². The lowest BCUT2D eigenvalue weighted by Gasteiger charge is -2.15. The van der Waals surface area contributed by atoms with Crippen LogP contribution >= 0.6 is 11.3 Å². The van der Waals surface area contributed by atoms with E-state index in [-0.39, 0.29) is 0 Å². The minimum atomic E-state index is 0.956. The largest absolute Gasteiger partial charge is 0.369 e. The van der Waals surface area contributed by atoms with E-state index in [1.807, 2.05) is 0 Å². The van der Waals surface area contributed by atoms with E-state index in [9.17, 15) is 0 Å². The number of hydrogen-bond acceptors (Lipinski definition) is 5. The molecular formula is C23H34N5S+. The summed E-state index contributed by atoms with van der Waals surface area (Å²) in [6.45, 7) is 11.3. The molecule has 0 bridgehead atoms. The van der Waals surface area contributed by atoms with Crippen LogP contribution in [0, 0.1) is 0 Å². The first-order valence-corrected chi connectivity index (χ1v) is 12.2. The van der Waals surface area contributed by atoms with Crippen molar-refractivity contribution < 1.29 is 4.90 Å². The smallest absolute Gasteiger partial charge is 0.147 e. The number of quaternary nitrogens is 1. The lowest BCUT2D eigenvalue weighted by molar-refractivity contribution is -0.896. The number of nitrogens with zero attached hydrogens (tertiary/aromatic N) is 3. The van der Waals surface area contributed by atoms with Gasteiger partial charge in [-0.15, -0.1) is 11.3 Å². The highest BCUT2D eigenvalue weighted by Crippen LogP contribution is 2.41. The second-order valence-corrected chi connectivity index (χ2v) is 9.14. The molecule has 0 saturated heterocycles. The van der Waals surface area contributed by atoms with Gasteiger partial charge in [0.15, 0.2) is 0 Å². The number of aryl methyl sites for hydroxylation is 2. The predicted molar refractivity (Wildman–Crippen MR) is 123 cm³/mol. The van der Waals surface area contributed by atoms with Gasteiger partial charge in [-0.3, -0.25) is 0 Å². The van der Waals surface area contributed by atoms with Crippen molar-refractivity contribution in [3.8, 4) is 0 Å². The maximum atomic E-state index is 5.12. The summed E-state index contributed by atoms with van der Waals surface area (Å²) >= 11 is 1.77. The van der Waals surface area contributed by atoms with Crippen LogP contribution in [-0.2, 0) is 19.3 Å². The molecule has 4 rings (SSSR count). The van der Waals surface area contributed by atoms with Crippen LogP contribution in [0.1, 0.15) is 63.3 Å². The van der Waals surface area contributed by atoms with Gasteiger partial charge in [-0.2, -0.15) is 0 Å². The molecule has 1 aliphatic rings. The summed E-state index contributed by atoms with van der Waals surface area (Å²) in [5.74, 6) is 0.981. The fourth-order valence-electron chi connectivity index (χ4n) is 4.60. The number of anilines is 1. The van der Waals surface area contributed by atoms with Crippen LogP contribution in [0.15, 0.2) is 6.33 Å². The van der Waals surface area contributed by atoms with Crippen LogP contribution in [0.3, 0.4) is 0 Å². The normalized spacial score (nSPS) is 13.7. The molecule has 3 aromatic rings. The van der Waals surface area contributed by atoms with Crippen molar-refractivity contribution in [2.24, 2.45) is 0 Å². The highest BCUT2D eigenvalue weighted by Gasteiger charge is 2.24. The monoisotopic (exact) mass is 412 g/mol. The molecule has 0 aliphatic heterocycles. The third kappa shape index (κ3) is 4.10. The number of aromatic nitrogens is 3. The molecule has 0 amide bonds. The Bertz CT molecular complexity index is 976. The van der Waals surface area contributed by atoms with E-state index in [4.69, 9.17) is 9.97 Å². The van der Waals surface area contributed by atoms with E-state index in [1.54, 1.807) is 22.6 Å². The molecule has 2 N–H and O–H groups in total. The van der Waals surface area contributed by atoms with E-state index in [0.29, 0.717) is 0 Å². The number of nitrogens with one attached hydrogen (secondary N) is 2. The van der Waals surface area contributed by atoms with E-state index < -0.39 is 0 Å². The average molecular weight is 413 g/mol. The predicted octanol–water partition coefficient (Wildman–Crippen LogP) is 3.80. The van der Waals surface area contributed by atoms with Crippen LogP contribution in [0.2, 0.25) is 0 Å². The molecule has 0 saturated carbocycles. The Morgan fingerprint density at radius 2 is 1.90 bits per heavy atom. The SMILES string of the molecule is CCCCc1nc2sc3c(NCCC[NH+](CC)CC)ncnc3c2c2c1CCC2. The zero-order valence-corrected chi connectivity index (χ0v) is 18.9. The van der Waals surface area contributed by atoms with Gasteiger partial charge in [-0.1, -0.05) is 13.3 Å². The van der Waals surface area contributed by atoms with Crippen molar-refractivity contribution in [3.63, 3.8) is 0 Å². The average Bonchev–Trinajstić information content (AvgIpc) is 3.36. The van der Waals surface area contributed by atoms with Gasteiger partial charge in [-0.05, 0) is 57.1 Å². The van der Waals surface area contributed by atoms with Gasteiger partial charge in [0, 0.05) is 24.0 Å². The Morgan fingerprint density at radius 3 is 2.69 bits per heavy atom. The highest BCUT2D eigenvalue weighted by atomic mass is 32.1. The van der Waals surface area contributed by atoms with E-state index in [1.165, 1.54) is 78.6 Å². The zero-order chi connectivity index (χ0) is 20.2. The van der Waals surface area contributed by atoms with Crippen LogP contribution in [0.5, 0.6) is 0 Å². The van der Waals surface area contributed by atoms with Crippen LogP contribution < -0.4 is 10.2 Å². The molecule has 156 valence electrons. The second kappa shape index (κ2) is 9.35. The first-order chi connectivity index (χ1) is 14.3. The maximum Gasteiger partial charge on any atom is 0.147 e. The quantitative estimate of drug-likeness (QED) is 0.498. The third-order valence-corrected chi connectivity index (χ3v) is 7.40. The maximum absolute atomic E-state index is 5.12. The van der Waals surface area contributed by atoms with Gasteiger partial charge >= 0.3 is 0 Å². The number of hydrogen-bond donors (Lipinski definition) is 2. The Hall–Kier alpha value is -1.79. The molecule has 0 aromatic carbocycles. The van der Waals surface area contributed by atoms with Crippen molar-refractivity contribution in [1.82, 2.24) is 15.0 Å². The Labute approximate surface area is 178 Å². The molecule has 0 spiro atoms. The number of unbranched alkanes of at least 4 members (excludes halogenated alkanes) is 1. The summed E-state index contributed by atoms with van der Waals surface area (Å²) < 4.78 is 1.17. The number of fused-ring (bicyclic) bond motifs is 5. The molecule has 5 nitrogen and oxygen atoms in total. The zero-order valence-electron chi connectivity index (χ0n) is 18.1. The molecule has 3 heterocycles. The number of pyridine rings is 1. The molecule has 1 aliphatic carbocycles. The van der Waals surface area contributed by atoms with Gasteiger partial charge in [0.1, 0.15) is 17.0 Å². The van der Waals surface area contributed by atoms with Crippen LogP contribution in [0.4, 0.5) is 5.82 Å². The summed E-state index contributed by atoms with van der Waals surface area (Å²) in [6.07, 6.45) is 10.0. The summed E-state index contributed by atoms with van der Waals surface area (Å²) in [5, 5.41) is 4.89. The fourth-order valence-corrected chi connectivity index (χ4v) is 5.75. The van der Waals surface area contributed by atoms with E-state index >= 15 is 0 Å². The number of rotatable bonds is 10. The third-order valence-electron chi connectivity index (χ3n) is 6.32. The standard InChI is InChI=1S/C23H33N5S/c1-4-7-12-18-16-10-8-11-17(16)19-20-21(29-23(19)27-18)22(26-15-25-20)24-13-9-14-28(5-2)6-3/h15H,4-14H2,1-3H3,(H,24,25,26)/p+1. The first-order valence-electron chi connectivity index (χ1n) is 11.4. The highest BCUT2D eigenvalue weighted by molar-refractivity contribution is 7.26. The van der Waals surface area contributed by atoms with Gasteiger partial charge in [0.25, 0.3) is 0 Å². The first kappa shape index (κ1) is 20.5. The van der Waals surface area contributed by atoms with Crippen molar-refractivity contribution in [2.75, 3.05) is 31.5 Å². The van der Waals surface area contributed by atoms with Crippen molar-refractivity contribution in [2.45, 2.75) is 65.7 Å². The molecule has 3 aromatic heterocycles. The lowest BCUT2D eigenvalue weighted by atomic mass is 10.0. The minimum absolute atomic E-state index is 0.956. The second-order valence-electron chi connectivity index (χ2n) is 8.14. The summed E-state index contributed by atoms with van der Waals surface area (Å²) in [4.78, 5) is 17.2.